The maximum atomic E-state index is 12.4. The smallest absolute Gasteiger partial charge is 0.257 e. The van der Waals surface area contributed by atoms with Crippen molar-refractivity contribution in [2.24, 2.45) is 7.05 Å². The minimum atomic E-state index is -0.260. The number of carbonyl (C=O) groups excluding carboxylic acids is 1. The van der Waals surface area contributed by atoms with Crippen LogP contribution >= 0.6 is 11.8 Å². The fourth-order valence-corrected chi connectivity index (χ4v) is 3.67. The van der Waals surface area contributed by atoms with E-state index in [1.54, 1.807) is 12.3 Å². The monoisotopic (exact) mass is 288 g/mol. The minimum Gasteiger partial charge on any atom is -0.350 e. The molecule has 5 heteroatoms. The first-order valence-electron chi connectivity index (χ1n) is 6.64. The molecule has 20 heavy (non-hydrogen) atoms. The molecule has 1 aliphatic rings. The molecule has 1 unspecified atom stereocenters. The number of rotatable bonds is 2. The number of nitrogens with one attached hydrogen (secondary N) is 1. The average Bonchev–Trinajstić information content (AvgIpc) is 2.95. The number of hydrogen-bond donors (Lipinski definition) is 1. The van der Waals surface area contributed by atoms with Gasteiger partial charge in [0.05, 0.1) is 5.52 Å². The summed E-state index contributed by atoms with van der Waals surface area (Å²) in [6.07, 6.45) is 2.60. The molecule has 3 rings (SSSR count). The third kappa shape index (κ3) is 2.33. The van der Waals surface area contributed by atoms with Crippen LogP contribution in [0, 0.1) is 0 Å². The lowest BCUT2D eigenvalue weighted by Crippen LogP contribution is -2.37. The number of fused-ring (bicyclic) bond motifs is 1. The van der Waals surface area contributed by atoms with Gasteiger partial charge in [-0.15, -0.1) is 0 Å². The lowest BCUT2D eigenvalue weighted by Gasteiger charge is -2.13. The van der Waals surface area contributed by atoms with Crippen molar-refractivity contribution < 1.29 is 4.79 Å². The quantitative estimate of drug-likeness (QED) is 0.916. The topological polar surface area (TPSA) is 51.1 Å². The highest BCUT2D eigenvalue weighted by Gasteiger charge is 2.20. The van der Waals surface area contributed by atoms with Gasteiger partial charge in [-0.25, -0.2) is 0 Å². The summed E-state index contributed by atoms with van der Waals surface area (Å²) in [6.45, 7) is 0. The van der Waals surface area contributed by atoms with Gasteiger partial charge in [0.1, 0.15) is 5.56 Å². The van der Waals surface area contributed by atoms with Gasteiger partial charge in [0.25, 0.3) is 5.91 Å². The van der Waals surface area contributed by atoms with Gasteiger partial charge in [-0.05, 0) is 24.3 Å². The molecule has 1 fully saturated rings. The molecule has 2 aromatic rings. The predicted molar refractivity (Wildman–Crippen MR) is 82.4 cm³/mol. The SMILES string of the molecule is Cn1cc(C(=O)NC2CCSC2)c(=O)c2ccccc21. The number of benzene rings is 1. The normalized spacial score (nSPS) is 18.4. The highest BCUT2D eigenvalue weighted by atomic mass is 32.2. The van der Waals surface area contributed by atoms with Crippen LogP contribution in [-0.4, -0.2) is 28.0 Å². The first-order chi connectivity index (χ1) is 9.66. The summed E-state index contributed by atoms with van der Waals surface area (Å²) in [5, 5.41) is 3.54. The van der Waals surface area contributed by atoms with Crippen LogP contribution in [-0.2, 0) is 7.05 Å². The van der Waals surface area contributed by atoms with E-state index in [2.05, 4.69) is 5.32 Å². The van der Waals surface area contributed by atoms with Crippen LogP contribution in [0.4, 0.5) is 0 Å². The number of thioether (sulfide) groups is 1. The zero-order valence-corrected chi connectivity index (χ0v) is 12.1. The number of nitrogens with zero attached hydrogens (tertiary/aromatic N) is 1. The van der Waals surface area contributed by atoms with E-state index >= 15 is 0 Å². The van der Waals surface area contributed by atoms with E-state index in [9.17, 15) is 9.59 Å². The number of para-hydroxylation sites is 1. The molecule has 1 saturated heterocycles. The van der Waals surface area contributed by atoms with Gasteiger partial charge >= 0.3 is 0 Å². The van der Waals surface area contributed by atoms with Crippen LogP contribution in [0.15, 0.2) is 35.3 Å². The average molecular weight is 288 g/mol. The van der Waals surface area contributed by atoms with Crippen molar-refractivity contribution in [1.29, 1.82) is 0 Å². The van der Waals surface area contributed by atoms with Gasteiger partial charge in [0.2, 0.25) is 5.43 Å². The Morgan fingerprint density at radius 1 is 1.40 bits per heavy atom. The van der Waals surface area contributed by atoms with Gasteiger partial charge in [-0.2, -0.15) is 11.8 Å². The second-order valence-corrected chi connectivity index (χ2v) is 6.18. The second-order valence-electron chi connectivity index (χ2n) is 5.03. The largest absolute Gasteiger partial charge is 0.350 e. The van der Waals surface area contributed by atoms with Gasteiger partial charge in [-0.3, -0.25) is 9.59 Å². The summed E-state index contributed by atoms with van der Waals surface area (Å²) in [6, 6.07) is 7.53. The molecule has 0 radical (unpaired) electrons. The number of pyridine rings is 1. The molecular formula is C15H16N2O2S. The molecule has 2 heterocycles. The summed E-state index contributed by atoms with van der Waals surface area (Å²) in [5.41, 5.74) is 0.871. The molecule has 1 amide bonds. The minimum absolute atomic E-state index is 0.184. The summed E-state index contributed by atoms with van der Waals surface area (Å²) in [5.74, 6) is 1.74. The van der Waals surface area contributed by atoms with Crippen LogP contribution in [0.1, 0.15) is 16.8 Å². The second kappa shape index (κ2) is 5.32. The van der Waals surface area contributed by atoms with E-state index in [4.69, 9.17) is 0 Å². The molecule has 1 aromatic heterocycles. The fourth-order valence-electron chi connectivity index (χ4n) is 2.51. The Bertz CT molecular complexity index is 717. The van der Waals surface area contributed by atoms with E-state index in [1.165, 1.54) is 0 Å². The van der Waals surface area contributed by atoms with Crippen molar-refractivity contribution in [3.63, 3.8) is 0 Å². The number of carbonyl (C=O) groups is 1. The highest BCUT2D eigenvalue weighted by Crippen LogP contribution is 2.17. The Morgan fingerprint density at radius 3 is 2.95 bits per heavy atom. The van der Waals surface area contributed by atoms with Gasteiger partial charge in [0.15, 0.2) is 0 Å². The maximum absolute atomic E-state index is 12.4. The number of aromatic nitrogens is 1. The zero-order valence-electron chi connectivity index (χ0n) is 11.3. The molecule has 1 aromatic carbocycles. The summed E-state index contributed by atoms with van der Waals surface area (Å²) < 4.78 is 1.83. The first kappa shape index (κ1) is 13.2. The summed E-state index contributed by atoms with van der Waals surface area (Å²) >= 11 is 1.83. The molecule has 0 spiro atoms. The van der Waals surface area contributed by atoms with Crippen LogP contribution in [0.25, 0.3) is 10.9 Å². The van der Waals surface area contributed by atoms with E-state index in [1.807, 2.05) is 41.6 Å². The Kier molecular flexibility index (Phi) is 3.53. The summed E-state index contributed by atoms with van der Waals surface area (Å²) in [7, 11) is 1.85. The third-order valence-electron chi connectivity index (χ3n) is 3.61. The van der Waals surface area contributed by atoms with E-state index < -0.39 is 0 Å². The molecule has 0 aliphatic carbocycles. The van der Waals surface area contributed by atoms with E-state index in [-0.39, 0.29) is 22.9 Å². The van der Waals surface area contributed by atoms with Gasteiger partial charge in [-0.1, -0.05) is 12.1 Å². The van der Waals surface area contributed by atoms with Crippen LogP contribution in [0.3, 0.4) is 0 Å². The van der Waals surface area contributed by atoms with Crippen LogP contribution < -0.4 is 10.7 Å². The van der Waals surface area contributed by atoms with Gasteiger partial charge in [0, 0.05) is 30.4 Å². The maximum Gasteiger partial charge on any atom is 0.257 e. The van der Waals surface area contributed by atoms with Crippen molar-refractivity contribution in [1.82, 2.24) is 9.88 Å². The lowest BCUT2D eigenvalue weighted by atomic mass is 10.1. The first-order valence-corrected chi connectivity index (χ1v) is 7.79. The summed E-state index contributed by atoms with van der Waals surface area (Å²) in [4.78, 5) is 24.7. The van der Waals surface area contributed by atoms with Crippen molar-refractivity contribution in [2.45, 2.75) is 12.5 Å². The van der Waals surface area contributed by atoms with Crippen molar-refractivity contribution in [3.05, 3.63) is 46.2 Å². The number of amides is 1. The number of aryl methyl sites for hydroxylation is 1. The standard InChI is InChI=1S/C15H16N2O2S/c1-17-8-12(15(19)16-10-6-7-20-9-10)14(18)11-4-2-3-5-13(11)17/h2-5,8,10H,6-7,9H2,1H3,(H,16,19). The molecule has 4 nitrogen and oxygen atoms in total. The van der Waals surface area contributed by atoms with Crippen LogP contribution in [0.5, 0.6) is 0 Å². The fraction of sp³-hybridized carbons (Fsp3) is 0.333. The Balaban J connectivity index is 2.01. The molecule has 0 saturated carbocycles. The molecule has 1 aliphatic heterocycles. The Morgan fingerprint density at radius 2 is 2.20 bits per heavy atom. The highest BCUT2D eigenvalue weighted by molar-refractivity contribution is 7.99. The molecule has 1 atom stereocenters. The van der Waals surface area contributed by atoms with Crippen LogP contribution in [0.2, 0.25) is 0 Å². The van der Waals surface area contributed by atoms with Crippen molar-refractivity contribution >= 4 is 28.6 Å². The Labute approximate surface area is 121 Å². The number of hydrogen-bond acceptors (Lipinski definition) is 3. The molecule has 0 bridgehead atoms. The van der Waals surface area contributed by atoms with Crippen molar-refractivity contribution in [3.8, 4) is 0 Å². The van der Waals surface area contributed by atoms with E-state index in [0.717, 1.165) is 23.4 Å². The zero-order chi connectivity index (χ0) is 14.1. The molecule has 1 N–H and O–H groups in total. The molecular weight excluding hydrogens is 272 g/mol. The molecule has 104 valence electrons. The third-order valence-corrected chi connectivity index (χ3v) is 4.77. The predicted octanol–water partition coefficient (Wildman–Crippen LogP) is 1.77. The van der Waals surface area contributed by atoms with E-state index in [0.29, 0.717) is 5.39 Å². The Hall–Kier alpha value is -1.75. The lowest BCUT2D eigenvalue weighted by molar-refractivity contribution is 0.0939. The van der Waals surface area contributed by atoms with Gasteiger partial charge < -0.3 is 9.88 Å². The van der Waals surface area contributed by atoms with Crippen molar-refractivity contribution in [2.75, 3.05) is 11.5 Å².